The molecule has 0 saturated carbocycles. The number of anilines is 1. The fourth-order valence-corrected chi connectivity index (χ4v) is 2.82. The highest BCUT2D eigenvalue weighted by atomic mass is 16.5. The zero-order valence-corrected chi connectivity index (χ0v) is 16.1. The lowest BCUT2D eigenvalue weighted by Gasteiger charge is -2.09. The lowest BCUT2D eigenvalue weighted by Crippen LogP contribution is -2.11. The molecule has 0 saturated heterocycles. The Morgan fingerprint density at radius 1 is 0.821 bits per heavy atom. The molecule has 0 heterocycles. The Kier molecular flexibility index (Phi) is 7.08. The molecule has 4 nitrogen and oxygen atoms in total. The zero-order valence-electron chi connectivity index (χ0n) is 16.1. The molecule has 0 aliphatic heterocycles. The van der Waals surface area contributed by atoms with Crippen LogP contribution in [0.4, 0.5) is 5.69 Å². The Morgan fingerprint density at radius 3 is 2.14 bits per heavy atom. The maximum absolute atomic E-state index is 12.3. The molecule has 3 aromatic rings. The van der Waals surface area contributed by atoms with E-state index in [-0.39, 0.29) is 5.91 Å². The minimum atomic E-state index is -0.153. The molecule has 1 amide bonds. The number of rotatable bonds is 9. The Bertz CT molecular complexity index is 859. The lowest BCUT2D eigenvalue weighted by molar-refractivity contribution is 0.102. The summed E-state index contributed by atoms with van der Waals surface area (Å²) in [5.41, 5.74) is 2.64. The van der Waals surface area contributed by atoms with Crippen LogP contribution in [0, 0.1) is 0 Å². The molecule has 3 aromatic carbocycles. The number of ether oxygens (including phenoxy) is 2. The maximum atomic E-state index is 12.3. The van der Waals surface area contributed by atoms with E-state index in [0.717, 1.165) is 30.0 Å². The molecule has 4 heteroatoms. The van der Waals surface area contributed by atoms with Crippen molar-refractivity contribution >= 4 is 11.6 Å². The summed E-state index contributed by atoms with van der Waals surface area (Å²) in [6, 6.07) is 24.9. The van der Waals surface area contributed by atoms with Crippen LogP contribution in [0.15, 0.2) is 78.9 Å². The molecule has 0 aromatic heterocycles. The molecule has 3 rings (SSSR count). The standard InChI is InChI=1S/C24H25NO3/c1-2-27-22-14-10-20(11-15-22)24(26)25-21-12-16-23(17-13-21)28-18-6-9-19-7-4-3-5-8-19/h3-5,7-8,10-17H,2,6,9,18H2,1H3,(H,25,26). The van der Waals surface area contributed by atoms with Crippen molar-refractivity contribution in [3.63, 3.8) is 0 Å². The number of nitrogens with one attached hydrogen (secondary N) is 1. The van der Waals surface area contributed by atoms with Gasteiger partial charge in [0.1, 0.15) is 11.5 Å². The summed E-state index contributed by atoms with van der Waals surface area (Å²) in [6.45, 7) is 3.19. The van der Waals surface area contributed by atoms with Gasteiger partial charge in [-0.15, -0.1) is 0 Å². The molecule has 0 radical (unpaired) electrons. The molecule has 0 aliphatic carbocycles. The first-order valence-electron chi connectivity index (χ1n) is 9.55. The van der Waals surface area contributed by atoms with Crippen LogP contribution in [0.3, 0.4) is 0 Å². The van der Waals surface area contributed by atoms with Crippen LogP contribution in [-0.2, 0) is 6.42 Å². The van der Waals surface area contributed by atoms with E-state index in [9.17, 15) is 4.79 Å². The Morgan fingerprint density at radius 2 is 1.46 bits per heavy atom. The van der Waals surface area contributed by atoms with Crippen molar-refractivity contribution in [3.05, 3.63) is 90.0 Å². The number of hydrogen-bond donors (Lipinski definition) is 1. The predicted molar refractivity (Wildman–Crippen MR) is 112 cm³/mol. The summed E-state index contributed by atoms with van der Waals surface area (Å²) in [4.78, 5) is 12.3. The summed E-state index contributed by atoms with van der Waals surface area (Å²) in [5.74, 6) is 1.40. The van der Waals surface area contributed by atoms with Gasteiger partial charge >= 0.3 is 0 Å². The fraction of sp³-hybridized carbons (Fsp3) is 0.208. The molecule has 0 spiro atoms. The lowest BCUT2D eigenvalue weighted by atomic mass is 10.1. The molecule has 1 N–H and O–H groups in total. The molecular weight excluding hydrogens is 350 g/mol. The highest BCUT2D eigenvalue weighted by molar-refractivity contribution is 6.04. The highest BCUT2D eigenvalue weighted by Gasteiger charge is 2.06. The smallest absolute Gasteiger partial charge is 0.255 e. The van der Waals surface area contributed by atoms with Crippen molar-refractivity contribution in [1.29, 1.82) is 0 Å². The molecule has 0 aliphatic rings. The predicted octanol–water partition coefficient (Wildman–Crippen LogP) is 5.35. The molecule has 0 unspecified atom stereocenters. The van der Waals surface area contributed by atoms with Crippen LogP contribution >= 0.6 is 0 Å². The molecule has 0 atom stereocenters. The van der Waals surface area contributed by atoms with Gasteiger partial charge in [-0.25, -0.2) is 0 Å². The van der Waals surface area contributed by atoms with E-state index in [2.05, 4.69) is 29.6 Å². The van der Waals surface area contributed by atoms with Crippen LogP contribution in [0.2, 0.25) is 0 Å². The number of hydrogen-bond acceptors (Lipinski definition) is 3. The highest BCUT2D eigenvalue weighted by Crippen LogP contribution is 2.18. The van der Waals surface area contributed by atoms with Gasteiger partial charge in [0.2, 0.25) is 0 Å². The topological polar surface area (TPSA) is 47.6 Å². The number of benzene rings is 3. The molecular formula is C24H25NO3. The minimum Gasteiger partial charge on any atom is -0.494 e. The fourth-order valence-electron chi connectivity index (χ4n) is 2.82. The number of amides is 1. The minimum absolute atomic E-state index is 0.153. The third-order valence-corrected chi connectivity index (χ3v) is 4.26. The number of carbonyl (C=O) groups is 1. The first-order chi connectivity index (χ1) is 13.7. The summed E-state index contributed by atoms with van der Waals surface area (Å²) in [6.07, 6.45) is 1.96. The van der Waals surface area contributed by atoms with Gasteiger partial charge < -0.3 is 14.8 Å². The van der Waals surface area contributed by atoms with E-state index in [1.165, 1.54) is 5.56 Å². The van der Waals surface area contributed by atoms with Crippen LogP contribution in [0.25, 0.3) is 0 Å². The van der Waals surface area contributed by atoms with Crippen LogP contribution < -0.4 is 14.8 Å². The Hall–Kier alpha value is -3.27. The van der Waals surface area contributed by atoms with Crippen LogP contribution in [0.5, 0.6) is 11.5 Å². The van der Waals surface area contributed by atoms with Gasteiger partial charge in [-0.3, -0.25) is 4.79 Å². The van der Waals surface area contributed by atoms with Crippen molar-refractivity contribution in [2.24, 2.45) is 0 Å². The normalized spacial score (nSPS) is 10.3. The average molecular weight is 375 g/mol. The number of aryl methyl sites for hydroxylation is 1. The van der Waals surface area contributed by atoms with Crippen molar-refractivity contribution in [1.82, 2.24) is 0 Å². The van der Waals surface area contributed by atoms with Gasteiger partial charge in [-0.2, -0.15) is 0 Å². The van der Waals surface area contributed by atoms with E-state index in [1.54, 1.807) is 24.3 Å². The van der Waals surface area contributed by atoms with Crippen LogP contribution in [0.1, 0.15) is 29.3 Å². The summed E-state index contributed by atoms with van der Waals surface area (Å²) >= 11 is 0. The SMILES string of the molecule is CCOc1ccc(C(=O)Nc2ccc(OCCCc3ccccc3)cc2)cc1. The number of carbonyl (C=O) groups excluding carboxylic acids is 1. The van der Waals surface area contributed by atoms with Crippen molar-refractivity contribution in [3.8, 4) is 11.5 Å². The van der Waals surface area contributed by atoms with Crippen molar-refractivity contribution in [2.45, 2.75) is 19.8 Å². The molecule has 0 bridgehead atoms. The Balaban J connectivity index is 1.45. The second-order valence-corrected chi connectivity index (χ2v) is 6.37. The largest absolute Gasteiger partial charge is 0.494 e. The van der Waals surface area contributed by atoms with E-state index in [4.69, 9.17) is 9.47 Å². The maximum Gasteiger partial charge on any atom is 0.255 e. The van der Waals surface area contributed by atoms with Gasteiger partial charge in [-0.1, -0.05) is 30.3 Å². The van der Waals surface area contributed by atoms with Crippen molar-refractivity contribution in [2.75, 3.05) is 18.5 Å². The Labute approximate surface area is 166 Å². The van der Waals surface area contributed by atoms with E-state index in [1.807, 2.05) is 37.3 Å². The van der Waals surface area contributed by atoms with E-state index >= 15 is 0 Å². The molecule has 144 valence electrons. The third kappa shape index (κ3) is 5.88. The van der Waals surface area contributed by atoms with Crippen LogP contribution in [-0.4, -0.2) is 19.1 Å². The van der Waals surface area contributed by atoms with Crippen molar-refractivity contribution < 1.29 is 14.3 Å². The van der Waals surface area contributed by atoms with Gasteiger partial charge in [0, 0.05) is 11.3 Å². The summed E-state index contributed by atoms with van der Waals surface area (Å²) in [7, 11) is 0. The van der Waals surface area contributed by atoms with Gasteiger partial charge in [-0.05, 0) is 73.9 Å². The van der Waals surface area contributed by atoms with Gasteiger partial charge in [0.15, 0.2) is 0 Å². The first-order valence-corrected chi connectivity index (χ1v) is 9.55. The van der Waals surface area contributed by atoms with Gasteiger partial charge in [0.25, 0.3) is 5.91 Å². The monoisotopic (exact) mass is 375 g/mol. The van der Waals surface area contributed by atoms with E-state index < -0.39 is 0 Å². The summed E-state index contributed by atoms with van der Waals surface area (Å²) < 4.78 is 11.2. The second kappa shape index (κ2) is 10.2. The zero-order chi connectivity index (χ0) is 19.6. The first kappa shape index (κ1) is 19.5. The summed E-state index contributed by atoms with van der Waals surface area (Å²) in [5, 5.41) is 2.89. The van der Waals surface area contributed by atoms with E-state index in [0.29, 0.717) is 18.8 Å². The van der Waals surface area contributed by atoms with Gasteiger partial charge in [0.05, 0.1) is 13.2 Å². The second-order valence-electron chi connectivity index (χ2n) is 6.37. The molecule has 0 fully saturated rings. The molecule has 28 heavy (non-hydrogen) atoms. The average Bonchev–Trinajstić information content (AvgIpc) is 2.74. The third-order valence-electron chi connectivity index (χ3n) is 4.26. The quantitative estimate of drug-likeness (QED) is 0.513.